The molecule has 0 saturated carbocycles. The van der Waals surface area contributed by atoms with Gasteiger partial charge in [0.1, 0.15) is 11.4 Å². The van der Waals surface area contributed by atoms with E-state index in [1.807, 2.05) is 38.1 Å². The van der Waals surface area contributed by atoms with Crippen LogP contribution >= 0.6 is 0 Å². The van der Waals surface area contributed by atoms with Gasteiger partial charge in [0.15, 0.2) is 0 Å². The molecule has 1 N–H and O–H groups in total. The zero-order chi connectivity index (χ0) is 13.9. The summed E-state index contributed by atoms with van der Waals surface area (Å²) in [5.41, 5.74) is 1.67. The highest BCUT2D eigenvalue weighted by Gasteiger charge is 2.29. The molecule has 1 heterocycles. The number of benzene rings is 1. The maximum absolute atomic E-state index is 12.9. The summed E-state index contributed by atoms with van der Waals surface area (Å²) in [6.07, 6.45) is 2.16. The maximum Gasteiger partial charge on any atom is 0.141 e. The lowest BCUT2D eigenvalue weighted by Gasteiger charge is -2.27. The summed E-state index contributed by atoms with van der Waals surface area (Å²) in [5.74, 6) is -0.391. The molecule has 0 spiro atoms. The number of rotatable bonds is 4. The Morgan fingerprint density at radius 3 is 2.53 bits per heavy atom. The lowest BCUT2D eigenvalue weighted by Crippen LogP contribution is -2.29. The molecular weight excluding hydrogens is 241 g/mol. The van der Waals surface area contributed by atoms with Gasteiger partial charge in [-0.25, -0.2) is 4.39 Å². The Balaban J connectivity index is 2.33. The van der Waals surface area contributed by atoms with Gasteiger partial charge in [-0.3, -0.25) is 4.98 Å². The average molecular weight is 259 g/mol. The highest BCUT2D eigenvalue weighted by atomic mass is 19.1. The van der Waals surface area contributed by atoms with E-state index < -0.39 is 11.4 Å². The van der Waals surface area contributed by atoms with E-state index in [1.165, 1.54) is 6.07 Å². The van der Waals surface area contributed by atoms with Gasteiger partial charge >= 0.3 is 0 Å². The Morgan fingerprint density at radius 1 is 1.21 bits per heavy atom. The maximum atomic E-state index is 12.9. The Labute approximate surface area is 112 Å². The summed E-state index contributed by atoms with van der Waals surface area (Å²) >= 11 is 0. The van der Waals surface area contributed by atoms with Gasteiger partial charge in [0, 0.05) is 6.42 Å². The SMILES string of the molecule is CCC(O)(Cc1ccccc1C)c1ccc(F)cn1. The molecule has 1 unspecified atom stereocenters. The molecule has 19 heavy (non-hydrogen) atoms. The van der Waals surface area contributed by atoms with Crippen LogP contribution in [-0.2, 0) is 12.0 Å². The van der Waals surface area contributed by atoms with E-state index >= 15 is 0 Å². The molecule has 2 aromatic rings. The summed E-state index contributed by atoms with van der Waals surface area (Å²) in [5, 5.41) is 10.8. The number of aromatic nitrogens is 1. The molecule has 2 rings (SSSR count). The van der Waals surface area contributed by atoms with E-state index in [9.17, 15) is 9.50 Å². The van der Waals surface area contributed by atoms with Crippen molar-refractivity contribution < 1.29 is 9.50 Å². The topological polar surface area (TPSA) is 33.1 Å². The largest absolute Gasteiger partial charge is 0.383 e. The molecule has 1 atom stereocenters. The number of halogens is 1. The monoisotopic (exact) mass is 259 g/mol. The van der Waals surface area contributed by atoms with Gasteiger partial charge in [0.25, 0.3) is 0 Å². The summed E-state index contributed by atoms with van der Waals surface area (Å²) in [6, 6.07) is 10.8. The van der Waals surface area contributed by atoms with Crippen LogP contribution in [0.15, 0.2) is 42.6 Å². The Bertz CT molecular complexity index is 553. The number of hydrogen-bond donors (Lipinski definition) is 1. The van der Waals surface area contributed by atoms with Gasteiger partial charge in [-0.05, 0) is 36.6 Å². The third-order valence-electron chi connectivity index (χ3n) is 3.53. The fourth-order valence-corrected chi connectivity index (χ4v) is 2.17. The van der Waals surface area contributed by atoms with Gasteiger partial charge < -0.3 is 5.11 Å². The van der Waals surface area contributed by atoms with E-state index in [4.69, 9.17) is 0 Å². The molecule has 3 heteroatoms. The highest BCUT2D eigenvalue weighted by Crippen LogP contribution is 2.28. The third-order valence-corrected chi connectivity index (χ3v) is 3.53. The molecule has 0 aliphatic rings. The molecular formula is C16H18FNO. The quantitative estimate of drug-likeness (QED) is 0.913. The molecule has 100 valence electrons. The molecule has 0 saturated heterocycles. The predicted molar refractivity (Wildman–Crippen MR) is 73.3 cm³/mol. The lowest BCUT2D eigenvalue weighted by molar-refractivity contribution is 0.0280. The molecule has 0 amide bonds. The lowest BCUT2D eigenvalue weighted by atomic mass is 9.87. The standard InChI is InChI=1S/C16H18FNO/c1-3-16(19,15-9-8-14(17)11-18-15)10-13-7-5-4-6-12(13)2/h4-9,11,19H,3,10H2,1-2H3. The number of hydrogen-bond acceptors (Lipinski definition) is 2. The first-order valence-electron chi connectivity index (χ1n) is 6.44. The molecule has 1 aromatic heterocycles. The smallest absolute Gasteiger partial charge is 0.141 e. The third kappa shape index (κ3) is 2.99. The Morgan fingerprint density at radius 2 is 1.95 bits per heavy atom. The van der Waals surface area contributed by atoms with Crippen molar-refractivity contribution in [3.05, 3.63) is 65.2 Å². The van der Waals surface area contributed by atoms with Gasteiger partial charge in [0.05, 0.1) is 11.9 Å². The number of pyridine rings is 1. The number of aryl methyl sites for hydroxylation is 1. The first-order chi connectivity index (χ1) is 9.05. The van der Waals surface area contributed by atoms with Crippen LogP contribution in [0.2, 0.25) is 0 Å². The van der Waals surface area contributed by atoms with E-state index in [1.54, 1.807) is 6.07 Å². The van der Waals surface area contributed by atoms with E-state index in [2.05, 4.69) is 4.98 Å². The van der Waals surface area contributed by atoms with Gasteiger partial charge in [-0.2, -0.15) is 0 Å². The minimum Gasteiger partial charge on any atom is -0.383 e. The molecule has 0 aliphatic carbocycles. The van der Waals surface area contributed by atoms with Crippen molar-refractivity contribution >= 4 is 0 Å². The van der Waals surface area contributed by atoms with Gasteiger partial charge in [-0.1, -0.05) is 31.2 Å². The van der Waals surface area contributed by atoms with Crippen LogP contribution < -0.4 is 0 Å². The zero-order valence-corrected chi connectivity index (χ0v) is 11.2. The summed E-state index contributed by atoms with van der Waals surface area (Å²) < 4.78 is 12.9. The van der Waals surface area contributed by atoms with Crippen molar-refractivity contribution in [2.45, 2.75) is 32.3 Å². The van der Waals surface area contributed by atoms with E-state index in [0.717, 1.165) is 17.3 Å². The minimum atomic E-state index is -1.06. The molecule has 0 bridgehead atoms. The van der Waals surface area contributed by atoms with Crippen molar-refractivity contribution in [3.63, 3.8) is 0 Å². The van der Waals surface area contributed by atoms with Crippen LogP contribution in [0.25, 0.3) is 0 Å². The zero-order valence-electron chi connectivity index (χ0n) is 11.2. The minimum absolute atomic E-state index is 0.391. The molecule has 1 aromatic carbocycles. The van der Waals surface area contributed by atoms with Crippen molar-refractivity contribution in [3.8, 4) is 0 Å². The summed E-state index contributed by atoms with van der Waals surface area (Å²) in [7, 11) is 0. The van der Waals surface area contributed by atoms with Gasteiger partial charge in [-0.15, -0.1) is 0 Å². The van der Waals surface area contributed by atoms with E-state index in [-0.39, 0.29) is 0 Å². The predicted octanol–water partition coefficient (Wildman–Crippen LogP) is 3.37. The van der Waals surface area contributed by atoms with Crippen LogP contribution in [0.5, 0.6) is 0 Å². The van der Waals surface area contributed by atoms with Crippen LogP contribution in [0.3, 0.4) is 0 Å². The highest BCUT2D eigenvalue weighted by molar-refractivity contribution is 5.29. The fraction of sp³-hybridized carbons (Fsp3) is 0.312. The summed E-state index contributed by atoms with van der Waals surface area (Å²) in [6.45, 7) is 3.92. The van der Waals surface area contributed by atoms with Gasteiger partial charge in [0.2, 0.25) is 0 Å². The van der Waals surface area contributed by atoms with Crippen LogP contribution in [0, 0.1) is 12.7 Å². The summed E-state index contributed by atoms with van der Waals surface area (Å²) in [4.78, 5) is 4.02. The second kappa shape index (κ2) is 5.49. The number of nitrogens with zero attached hydrogens (tertiary/aromatic N) is 1. The van der Waals surface area contributed by atoms with Crippen LogP contribution in [-0.4, -0.2) is 10.1 Å². The van der Waals surface area contributed by atoms with Crippen molar-refractivity contribution in [1.82, 2.24) is 4.98 Å². The van der Waals surface area contributed by atoms with Crippen molar-refractivity contribution in [2.24, 2.45) is 0 Å². The van der Waals surface area contributed by atoms with Crippen molar-refractivity contribution in [2.75, 3.05) is 0 Å². The number of aliphatic hydroxyl groups is 1. The fourth-order valence-electron chi connectivity index (χ4n) is 2.17. The second-order valence-corrected chi connectivity index (χ2v) is 4.85. The van der Waals surface area contributed by atoms with Crippen LogP contribution in [0.4, 0.5) is 4.39 Å². The first-order valence-corrected chi connectivity index (χ1v) is 6.44. The second-order valence-electron chi connectivity index (χ2n) is 4.85. The Hall–Kier alpha value is -1.74. The van der Waals surface area contributed by atoms with Crippen molar-refractivity contribution in [1.29, 1.82) is 0 Å². The Kier molecular flexibility index (Phi) is 3.96. The normalized spacial score (nSPS) is 14.1. The molecule has 0 fully saturated rings. The molecule has 0 aliphatic heterocycles. The molecule has 0 radical (unpaired) electrons. The van der Waals surface area contributed by atoms with Crippen LogP contribution in [0.1, 0.15) is 30.2 Å². The first kappa shape index (κ1) is 13.7. The molecule has 2 nitrogen and oxygen atoms in total. The average Bonchev–Trinajstić information content (AvgIpc) is 2.42. The van der Waals surface area contributed by atoms with E-state index in [0.29, 0.717) is 18.5 Å².